The number of aliphatic hydroxyl groups is 1. The van der Waals surface area contributed by atoms with Crippen LogP contribution in [0.25, 0.3) is 16.5 Å². The number of ether oxygens (including phenoxy) is 2. The van der Waals surface area contributed by atoms with Crippen molar-refractivity contribution in [1.29, 1.82) is 0 Å². The SMILES string of the molecule is C=C(O)CC1NC2=C(C)C(=C)Oc3c2c(cc2ccccc32)C1CCOC. The molecule has 0 bridgehead atoms. The minimum atomic E-state index is 0.0370. The number of nitrogens with one attached hydrogen (secondary N) is 1. The van der Waals surface area contributed by atoms with Crippen molar-refractivity contribution in [1.82, 2.24) is 5.32 Å². The van der Waals surface area contributed by atoms with Crippen molar-refractivity contribution in [3.63, 3.8) is 0 Å². The lowest BCUT2D eigenvalue weighted by Gasteiger charge is -2.40. The summed E-state index contributed by atoms with van der Waals surface area (Å²) in [4.78, 5) is 0. The first kappa shape index (κ1) is 17.7. The Morgan fingerprint density at radius 3 is 2.85 bits per heavy atom. The number of hydrogen-bond acceptors (Lipinski definition) is 4. The van der Waals surface area contributed by atoms with Crippen molar-refractivity contribution in [2.24, 2.45) is 0 Å². The molecule has 2 unspecified atom stereocenters. The highest BCUT2D eigenvalue weighted by atomic mass is 16.5. The first-order chi connectivity index (χ1) is 13.0. The van der Waals surface area contributed by atoms with E-state index in [0.717, 1.165) is 39.8 Å². The Morgan fingerprint density at radius 1 is 1.33 bits per heavy atom. The highest BCUT2D eigenvalue weighted by molar-refractivity contribution is 5.97. The summed E-state index contributed by atoms with van der Waals surface area (Å²) in [6.07, 6.45) is 1.33. The van der Waals surface area contributed by atoms with Crippen LogP contribution in [0.1, 0.15) is 36.8 Å². The van der Waals surface area contributed by atoms with Crippen LogP contribution in [0, 0.1) is 0 Å². The van der Waals surface area contributed by atoms with E-state index in [2.05, 4.69) is 36.7 Å². The second-order valence-corrected chi connectivity index (χ2v) is 7.33. The van der Waals surface area contributed by atoms with Crippen molar-refractivity contribution < 1.29 is 14.6 Å². The molecular weight excluding hydrogens is 338 g/mol. The van der Waals surface area contributed by atoms with Crippen molar-refractivity contribution in [3.05, 3.63) is 71.7 Å². The molecule has 0 aromatic heterocycles. The van der Waals surface area contributed by atoms with Gasteiger partial charge in [-0.15, -0.1) is 0 Å². The molecule has 4 nitrogen and oxygen atoms in total. The van der Waals surface area contributed by atoms with Crippen LogP contribution in [0.3, 0.4) is 0 Å². The summed E-state index contributed by atoms with van der Waals surface area (Å²) in [7, 11) is 1.72. The van der Waals surface area contributed by atoms with E-state index >= 15 is 0 Å². The molecule has 140 valence electrons. The molecule has 0 saturated heterocycles. The average molecular weight is 363 g/mol. The smallest absolute Gasteiger partial charge is 0.144 e. The maximum Gasteiger partial charge on any atom is 0.144 e. The van der Waals surface area contributed by atoms with E-state index < -0.39 is 0 Å². The Balaban J connectivity index is 1.98. The number of aliphatic hydroxyl groups excluding tert-OH is 1. The molecule has 2 aliphatic rings. The van der Waals surface area contributed by atoms with Gasteiger partial charge in [-0.1, -0.05) is 37.4 Å². The molecular formula is C23H25NO3. The van der Waals surface area contributed by atoms with E-state index in [4.69, 9.17) is 9.47 Å². The number of rotatable bonds is 5. The zero-order valence-electron chi connectivity index (χ0n) is 15.8. The third-order valence-corrected chi connectivity index (χ3v) is 5.60. The van der Waals surface area contributed by atoms with Crippen LogP contribution < -0.4 is 10.1 Å². The fourth-order valence-corrected chi connectivity index (χ4v) is 4.25. The van der Waals surface area contributed by atoms with Crippen molar-refractivity contribution in [3.8, 4) is 5.75 Å². The van der Waals surface area contributed by atoms with Gasteiger partial charge in [0.2, 0.25) is 0 Å². The predicted octanol–water partition coefficient (Wildman–Crippen LogP) is 5.03. The van der Waals surface area contributed by atoms with Crippen LogP contribution in [0.2, 0.25) is 0 Å². The molecule has 4 rings (SSSR count). The van der Waals surface area contributed by atoms with E-state index in [-0.39, 0.29) is 17.7 Å². The number of hydrogen-bond donors (Lipinski definition) is 2. The predicted molar refractivity (Wildman–Crippen MR) is 109 cm³/mol. The summed E-state index contributed by atoms with van der Waals surface area (Å²) in [6.45, 7) is 10.5. The number of fused-ring (bicyclic) bond motifs is 2. The molecule has 0 spiro atoms. The molecule has 2 aliphatic heterocycles. The van der Waals surface area contributed by atoms with Crippen LogP contribution >= 0.6 is 0 Å². The molecule has 2 heterocycles. The molecule has 27 heavy (non-hydrogen) atoms. The standard InChI is InChI=1S/C23H25NO3/c1-13(25)11-20-18(9-10-26-4)19-12-16-7-5-6-8-17(16)23-21(19)22(24-20)14(2)15(3)27-23/h5-8,12,18,20,24-25H,1,3,9-11H2,2,4H3. The minimum Gasteiger partial charge on any atom is -0.513 e. The van der Waals surface area contributed by atoms with Crippen LogP contribution in [0.15, 0.2) is 60.6 Å². The van der Waals surface area contributed by atoms with Gasteiger partial charge >= 0.3 is 0 Å². The topological polar surface area (TPSA) is 50.7 Å². The second kappa shape index (κ2) is 6.78. The van der Waals surface area contributed by atoms with Crippen LogP contribution in [0.4, 0.5) is 0 Å². The summed E-state index contributed by atoms with van der Waals surface area (Å²) in [5.41, 5.74) is 4.38. The van der Waals surface area contributed by atoms with Gasteiger partial charge in [0.1, 0.15) is 11.5 Å². The zero-order chi connectivity index (χ0) is 19.1. The van der Waals surface area contributed by atoms with E-state index in [1.807, 2.05) is 19.1 Å². The molecule has 2 atom stereocenters. The lowest BCUT2D eigenvalue weighted by Crippen LogP contribution is -2.41. The molecule has 0 radical (unpaired) electrons. The molecule has 4 heteroatoms. The van der Waals surface area contributed by atoms with Gasteiger partial charge < -0.3 is 19.9 Å². The first-order valence-corrected chi connectivity index (χ1v) is 9.27. The van der Waals surface area contributed by atoms with Crippen molar-refractivity contribution >= 4 is 16.5 Å². The van der Waals surface area contributed by atoms with Gasteiger partial charge in [-0.05, 0) is 30.4 Å². The van der Waals surface area contributed by atoms with Gasteiger partial charge in [0.05, 0.1) is 11.5 Å². The number of allylic oxidation sites excluding steroid dienone is 1. The van der Waals surface area contributed by atoms with Gasteiger partial charge in [0.15, 0.2) is 0 Å². The molecule has 0 fully saturated rings. The Hall–Kier alpha value is -2.72. The highest BCUT2D eigenvalue weighted by Gasteiger charge is 2.37. The zero-order valence-corrected chi connectivity index (χ0v) is 15.8. The van der Waals surface area contributed by atoms with Gasteiger partial charge in [-0.3, -0.25) is 0 Å². The molecule has 2 aromatic carbocycles. The van der Waals surface area contributed by atoms with Crippen molar-refractivity contribution in [2.45, 2.75) is 31.7 Å². The first-order valence-electron chi connectivity index (χ1n) is 9.27. The quantitative estimate of drug-likeness (QED) is 0.732. The third kappa shape index (κ3) is 2.90. The lowest BCUT2D eigenvalue weighted by atomic mass is 9.77. The Morgan fingerprint density at radius 2 is 2.11 bits per heavy atom. The largest absolute Gasteiger partial charge is 0.513 e. The second-order valence-electron chi connectivity index (χ2n) is 7.33. The Kier molecular flexibility index (Phi) is 4.44. The average Bonchev–Trinajstić information content (AvgIpc) is 2.64. The van der Waals surface area contributed by atoms with Gasteiger partial charge in [0, 0.05) is 48.6 Å². The molecule has 2 aromatic rings. The highest BCUT2D eigenvalue weighted by Crippen LogP contribution is 2.49. The molecule has 0 amide bonds. The van der Waals surface area contributed by atoms with E-state index in [0.29, 0.717) is 18.8 Å². The molecule has 0 aliphatic carbocycles. The number of methoxy groups -OCH3 is 1. The summed E-state index contributed by atoms with van der Waals surface area (Å²) < 4.78 is 11.5. The van der Waals surface area contributed by atoms with Gasteiger partial charge in [0.25, 0.3) is 0 Å². The monoisotopic (exact) mass is 363 g/mol. The maximum atomic E-state index is 9.89. The van der Waals surface area contributed by atoms with E-state index in [1.54, 1.807) is 7.11 Å². The lowest BCUT2D eigenvalue weighted by molar-refractivity contribution is 0.180. The fraction of sp³-hybridized carbons (Fsp3) is 0.304. The fourth-order valence-electron chi connectivity index (χ4n) is 4.25. The summed E-state index contributed by atoms with van der Waals surface area (Å²) in [5, 5.41) is 15.8. The van der Waals surface area contributed by atoms with Gasteiger partial charge in [-0.25, -0.2) is 0 Å². The van der Waals surface area contributed by atoms with Crippen molar-refractivity contribution in [2.75, 3.05) is 13.7 Å². The normalized spacial score (nSPS) is 20.9. The minimum absolute atomic E-state index is 0.0370. The molecule has 2 N–H and O–H groups in total. The Labute approximate surface area is 159 Å². The maximum absolute atomic E-state index is 9.89. The van der Waals surface area contributed by atoms with E-state index in [9.17, 15) is 5.11 Å². The summed E-state index contributed by atoms with van der Waals surface area (Å²) >= 11 is 0. The van der Waals surface area contributed by atoms with E-state index in [1.165, 1.54) is 5.56 Å². The summed E-state index contributed by atoms with van der Waals surface area (Å²) in [5.74, 6) is 1.89. The van der Waals surface area contributed by atoms with Crippen LogP contribution in [0.5, 0.6) is 5.75 Å². The van der Waals surface area contributed by atoms with Gasteiger partial charge in [-0.2, -0.15) is 0 Å². The Bertz CT molecular complexity index is 973. The van der Waals surface area contributed by atoms with Crippen LogP contribution in [-0.4, -0.2) is 24.9 Å². The molecule has 0 saturated carbocycles. The van der Waals surface area contributed by atoms with Crippen LogP contribution in [-0.2, 0) is 4.74 Å². The number of benzene rings is 2. The third-order valence-electron chi connectivity index (χ3n) is 5.60. The summed E-state index contributed by atoms with van der Waals surface area (Å²) in [6, 6.07) is 10.6.